The Morgan fingerprint density at radius 3 is 2.32 bits per heavy atom. The van der Waals surface area contributed by atoms with E-state index in [2.05, 4.69) is 4.99 Å². The van der Waals surface area contributed by atoms with Gasteiger partial charge in [-0.1, -0.05) is 53.6 Å². The van der Waals surface area contributed by atoms with Crippen LogP contribution in [0, 0.1) is 6.92 Å². The monoisotopic (exact) mass is 271 g/mol. The lowest BCUT2D eigenvalue weighted by atomic mass is 9.99. The molecule has 0 amide bonds. The molecule has 19 heavy (non-hydrogen) atoms. The van der Waals surface area contributed by atoms with Gasteiger partial charge in [0.15, 0.2) is 0 Å². The van der Waals surface area contributed by atoms with Crippen molar-refractivity contribution in [3.63, 3.8) is 0 Å². The predicted octanol–water partition coefficient (Wildman–Crippen LogP) is 4.27. The molecule has 2 aromatic rings. The third kappa shape index (κ3) is 3.78. The third-order valence-electron chi connectivity index (χ3n) is 3.01. The van der Waals surface area contributed by atoms with Crippen LogP contribution in [0.25, 0.3) is 0 Å². The van der Waals surface area contributed by atoms with Crippen LogP contribution in [0.4, 0.5) is 0 Å². The number of halogens is 1. The molecule has 0 saturated carbocycles. The molecule has 0 fully saturated rings. The molecule has 3 heteroatoms. The first-order valence-corrected chi connectivity index (χ1v) is 6.45. The minimum absolute atomic E-state index is 0.195. The Morgan fingerprint density at radius 2 is 1.74 bits per heavy atom. The number of isocyanates is 1. The summed E-state index contributed by atoms with van der Waals surface area (Å²) in [6.07, 6.45) is 2.32. The number of hydrogen-bond acceptors (Lipinski definition) is 2. The molecule has 1 atom stereocenters. The second kappa shape index (κ2) is 6.33. The molecule has 2 aromatic carbocycles. The van der Waals surface area contributed by atoms with Gasteiger partial charge in [-0.15, -0.1) is 0 Å². The molecule has 96 valence electrons. The lowest BCUT2D eigenvalue weighted by Crippen LogP contribution is -2.00. The smallest absolute Gasteiger partial charge is 0.211 e. The minimum atomic E-state index is -0.195. The van der Waals surface area contributed by atoms with Gasteiger partial charge in [0.1, 0.15) is 0 Å². The van der Waals surface area contributed by atoms with Crippen molar-refractivity contribution in [1.82, 2.24) is 0 Å². The summed E-state index contributed by atoms with van der Waals surface area (Å²) < 4.78 is 0. The van der Waals surface area contributed by atoms with Crippen molar-refractivity contribution in [2.75, 3.05) is 0 Å². The van der Waals surface area contributed by atoms with Gasteiger partial charge < -0.3 is 0 Å². The fraction of sp³-hybridized carbons (Fsp3) is 0.188. The van der Waals surface area contributed by atoms with Crippen molar-refractivity contribution < 1.29 is 4.79 Å². The standard InChI is InChI=1S/C16H14ClNO/c1-12-2-6-14(7-3-12)16(18-11-19)10-13-4-8-15(17)9-5-13/h2-9,16H,10H2,1H3. The number of aliphatic imine (C=N–C) groups is 1. The lowest BCUT2D eigenvalue weighted by Gasteiger charge is -2.11. The largest absolute Gasteiger partial charge is 0.235 e. The number of nitrogens with zero attached hydrogens (tertiary/aromatic N) is 1. The summed E-state index contributed by atoms with van der Waals surface area (Å²) in [4.78, 5) is 14.5. The van der Waals surface area contributed by atoms with Crippen LogP contribution >= 0.6 is 11.6 Å². The Morgan fingerprint density at radius 1 is 1.11 bits per heavy atom. The zero-order chi connectivity index (χ0) is 13.7. The fourth-order valence-electron chi connectivity index (χ4n) is 1.93. The van der Waals surface area contributed by atoms with Crippen molar-refractivity contribution in [1.29, 1.82) is 0 Å². The van der Waals surface area contributed by atoms with Crippen LogP contribution in [0.2, 0.25) is 5.02 Å². The van der Waals surface area contributed by atoms with E-state index in [0.717, 1.165) is 11.1 Å². The molecule has 0 N–H and O–H groups in total. The number of hydrogen-bond donors (Lipinski definition) is 0. The van der Waals surface area contributed by atoms with Gasteiger partial charge in [0.25, 0.3) is 0 Å². The second-order valence-corrected chi connectivity index (χ2v) is 4.91. The Hall–Kier alpha value is -1.89. The Bertz CT molecular complexity index is 583. The van der Waals surface area contributed by atoms with Crippen LogP contribution < -0.4 is 0 Å². The van der Waals surface area contributed by atoms with E-state index in [9.17, 15) is 4.79 Å². The Kier molecular flexibility index (Phi) is 4.51. The molecule has 0 spiro atoms. The van der Waals surface area contributed by atoms with Gasteiger partial charge in [-0.25, -0.2) is 4.79 Å². The van der Waals surface area contributed by atoms with E-state index in [4.69, 9.17) is 11.6 Å². The maximum Gasteiger partial charge on any atom is 0.235 e. The molecule has 0 saturated heterocycles. The fourth-order valence-corrected chi connectivity index (χ4v) is 2.06. The lowest BCUT2D eigenvalue weighted by molar-refractivity contribution is 0.557. The highest BCUT2D eigenvalue weighted by molar-refractivity contribution is 6.30. The van der Waals surface area contributed by atoms with Gasteiger partial charge in [0.2, 0.25) is 6.08 Å². The van der Waals surface area contributed by atoms with E-state index >= 15 is 0 Å². The quantitative estimate of drug-likeness (QED) is 0.603. The maximum atomic E-state index is 10.6. The van der Waals surface area contributed by atoms with E-state index in [1.54, 1.807) is 6.08 Å². The van der Waals surface area contributed by atoms with Gasteiger partial charge in [-0.05, 0) is 36.6 Å². The maximum absolute atomic E-state index is 10.6. The van der Waals surface area contributed by atoms with Crippen molar-refractivity contribution >= 4 is 17.7 Å². The predicted molar refractivity (Wildman–Crippen MR) is 77.2 cm³/mol. The molecule has 0 aromatic heterocycles. The van der Waals surface area contributed by atoms with Gasteiger partial charge in [0, 0.05) is 5.02 Å². The van der Waals surface area contributed by atoms with Gasteiger partial charge in [-0.2, -0.15) is 4.99 Å². The average molecular weight is 272 g/mol. The van der Waals surface area contributed by atoms with Crippen LogP contribution in [0.1, 0.15) is 22.7 Å². The topological polar surface area (TPSA) is 29.4 Å². The summed E-state index contributed by atoms with van der Waals surface area (Å²) in [5, 5.41) is 0.703. The molecular formula is C16H14ClNO. The molecule has 0 aliphatic rings. The number of rotatable bonds is 4. The first-order chi connectivity index (χ1) is 9.19. The SMILES string of the molecule is Cc1ccc(C(Cc2ccc(Cl)cc2)N=C=O)cc1. The molecule has 0 radical (unpaired) electrons. The second-order valence-electron chi connectivity index (χ2n) is 4.48. The van der Waals surface area contributed by atoms with E-state index in [0.29, 0.717) is 11.4 Å². The highest BCUT2D eigenvalue weighted by Gasteiger charge is 2.11. The van der Waals surface area contributed by atoms with E-state index in [1.807, 2.05) is 55.5 Å². The van der Waals surface area contributed by atoms with Gasteiger partial charge in [0.05, 0.1) is 6.04 Å². The van der Waals surface area contributed by atoms with Crippen molar-refractivity contribution in [3.8, 4) is 0 Å². The zero-order valence-electron chi connectivity index (χ0n) is 10.6. The van der Waals surface area contributed by atoms with Crippen LogP contribution in [-0.4, -0.2) is 6.08 Å². The first kappa shape index (κ1) is 13.5. The van der Waals surface area contributed by atoms with Gasteiger partial charge >= 0.3 is 0 Å². The highest BCUT2D eigenvalue weighted by Crippen LogP contribution is 2.23. The number of aryl methyl sites for hydroxylation is 1. The molecule has 1 unspecified atom stereocenters. The summed E-state index contributed by atoms with van der Waals surface area (Å²) in [5.74, 6) is 0. The van der Waals surface area contributed by atoms with Crippen molar-refractivity contribution in [3.05, 3.63) is 70.2 Å². The number of benzene rings is 2. The molecule has 0 aliphatic carbocycles. The van der Waals surface area contributed by atoms with Crippen LogP contribution in [0.3, 0.4) is 0 Å². The molecule has 2 nitrogen and oxygen atoms in total. The van der Waals surface area contributed by atoms with Gasteiger partial charge in [-0.3, -0.25) is 0 Å². The number of carbonyl (C=O) groups excluding carboxylic acids is 1. The molecule has 2 rings (SSSR count). The van der Waals surface area contributed by atoms with E-state index in [-0.39, 0.29) is 6.04 Å². The van der Waals surface area contributed by atoms with Crippen LogP contribution in [0.15, 0.2) is 53.5 Å². The Labute approximate surface area is 117 Å². The first-order valence-electron chi connectivity index (χ1n) is 6.07. The normalized spacial score (nSPS) is 11.7. The van der Waals surface area contributed by atoms with E-state index in [1.165, 1.54) is 5.56 Å². The molecule has 0 heterocycles. The third-order valence-corrected chi connectivity index (χ3v) is 3.26. The average Bonchev–Trinajstić information content (AvgIpc) is 2.42. The zero-order valence-corrected chi connectivity index (χ0v) is 11.4. The molecular weight excluding hydrogens is 258 g/mol. The molecule has 0 bridgehead atoms. The Balaban J connectivity index is 2.23. The summed E-state index contributed by atoms with van der Waals surface area (Å²) >= 11 is 5.86. The summed E-state index contributed by atoms with van der Waals surface area (Å²) in [7, 11) is 0. The highest BCUT2D eigenvalue weighted by atomic mass is 35.5. The van der Waals surface area contributed by atoms with E-state index < -0.39 is 0 Å². The van der Waals surface area contributed by atoms with Crippen molar-refractivity contribution in [2.45, 2.75) is 19.4 Å². The minimum Gasteiger partial charge on any atom is -0.211 e. The van der Waals surface area contributed by atoms with Crippen LogP contribution in [-0.2, 0) is 11.2 Å². The summed E-state index contributed by atoms with van der Waals surface area (Å²) in [5.41, 5.74) is 3.29. The molecule has 0 aliphatic heterocycles. The summed E-state index contributed by atoms with van der Waals surface area (Å²) in [6.45, 7) is 2.03. The summed E-state index contributed by atoms with van der Waals surface area (Å²) in [6, 6.07) is 15.4. The van der Waals surface area contributed by atoms with Crippen LogP contribution in [0.5, 0.6) is 0 Å². The van der Waals surface area contributed by atoms with Crippen molar-refractivity contribution in [2.24, 2.45) is 4.99 Å².